The Morgan fingerprint density at radius 1 is 1.17 bits per heavy atom. The van der Waals surface area contributed by atoms with Gasteiger partial charge in [0.05, 0.1) is 11.3 Å². The molecule has 3 rings (SSSR count). The second kappa shape index (κ2) is 7.27. The van der Waals surface area contributed by atoms with Crippen molar-refractivity contribution in [3.8, 4) is 0 Å². The average Bonchev–Trinajstić information content (AvgIpc) is 2.98. The van der Waals surface area contributed by atoms with Crippen molar-refractivity contribution in [2.75, 3.05) is 18.0 Å². The summed E-state index contributed by atoms with van der Waals surface area (Å²) in [5.74, 6) is -0.320. The van der Waals surface area contributed by atoms with E-state index in [9.17, 15) is 9.90 Å². The van der Waals surface area contributed by atoms with Crippen molar-refractivity contribution >= 4 is 17.3 Å². The zero-order chi connectivity index (χ0) is 21.7. The molecule has 2 aromatic rings. The molecule has 1 atom stereocenters. The minimum atomic E-state index is -1.08. The molecule has 29 heavy (non-hydrogen) atoms. The zero-order valence-electron chi connectivity index (χ0n) is 19.0. The van der Waals surface area contributed by atoms with Crippen LogP contribution in [0.15, 0.2) is 0 Å². The molecule has 1 fully saturated rings. The van der Waals surface area contributed by atoms with Gasteiger partial charge >= 0.3 is 5.97 Å². The number of pyridine rings is 1. The van der Waals surface area contributed by atoms with Crippen LogP contribution in [0.5, 0.6) is 0 Å². The van der Waals surface area contributed by atoms with Gasteiger partial charge in [0, 0.05) is 29.9 Å². The minimum Gasteiger partial charge on any atom is -0.479 e. The average molecular weight is 403 g/mol. The Kier molecular flexibility index (Phi) is 5.41. The van der Waals surface area contributed by atoms with E-state index in [1.807, 2.05) is 41.5 Å². The zero-order valence-corrected chi connectivity index (χ0v) is 19.0. The van der Waals surface area contributed by atoms with Crippen LogP contribution in [0.3, 0.4) is 0 Å². The third-order valence-corrected chi connectivity index (χ3v) is 5.76. The predicted octanol–water partition coefficient (Wildman–Crippen LogP) is 4.22. The van der Waals surface area contributed by atoms with Crippen LogP contribution in [0.1, 0.15) is 76.2 Å². The molecule has 0 radical (unpaired) electrons. The molecule has 7 heteroatoms. The molecule has 0 aromatic carbocycles. The Balaban J connectivity index is 2.25. The lowest BCUT2D eigenvalue weighted by Gasteiger charge is -2.40. The molecule has 160 valence electrons. The number of carbonyl (C=O) groups is 1. The van der Waals surface area contributed by atoms with Gasteiger partial charge in [-0.3, -0.25) is 0 Å². The third-order valence-electron chi connectivity index (χ3n) is 5.76. The van der Waals surface area contributed by atoms with E-state index < -0.39 is 17.7 Å². The largest absolute Gasteiger partial charge is 0.479 e. The number of piperidine rings is 1. The monoisotopic (exact) mass is 402 g/mol. The molecule has 0 spiro atoms. The van der Waals surface area contributed by atoms with Gasteiger partial charge in [0.1, 0.15) is 5.82 Å². The second-order valence-corrected chi connectivity index (χ2v) is 9.97. The number of carboxylic acid groups (broad SMARTS) is 1. The van der Waals surface area contributed by atoms with Gasteiger partial charge in [-0.15, -0.1) is 0 Å². The Hall–Kier alpha value is -2.15. The lowest BCUT2D eigenvalue weighted by atomic mass is 9.82. The first-order valence-corrected chi connectivity index (χ1v) is 10.3. The molecule has 0 amide bonds. The van der Waals surface area contributed by atoms with E-state index in [1.165, 1.54) is 0 Å². The predicted molar refractivity (Wildman–Crippen MR) is 114 cm³/mol. The molecular weight excluding hydrogens is 368 g/mol. The summed E-state index contributed by atoms with van der Waals surface area (Å²) < 4.78 is 7.82. The summed E-state index contributed by atoms with van der Waals surface area (Å²) in [6, 6.07) is 0. The summed E-state index contributed by atoms with van der Waals surface area (Å²) >= 11 is 0. The van der Waals surface area contributed by atoms with E-state index in [2.05, 4.69) is 28.8 Å². The maximum atomic E-state index is 12.3. The number of aliphatic carboxylic acids is 1. The SMILES string of the molecule is Cc1nc2c(C)c(N3CCC(C)(C)CC3)c([C@H](OC(C)(C)C)C(=O)O)c(C)n2n1. The number of nitrogens with zero attached hydrogens (tertiary/aromatic N) is 4. The van der Waals surface area contributed by atoms with Crippen LogP contribution in [-0.4, -0.2) is 44.4 Å². The summed E-state index contributed by atoms with van der Waals surface area (Å²) in [6.07, 6.45) is 1.03. The fourth-order valence-electron chi connectivity index (χ4n) is 4.13. The number of rotatable bonds is 4. The summed E-state index contributed by atoms with van der Waals surface area (Å²) in [5.41, 5.74) is 3.82. The Morgan fingerprint density at radius 2 is 1.76 bits per heavy atom. The van der Waals surface area contributed by atoms with Gasteiger partial charge in [-0.2, -0.15) is 5.10 Å². The molecule has 0 bridgehead atoms. The standard InChI is InChI=1S/C22H34N4O3/c1-13-17(25-11-9-22(7,8)10-12-25)16(18(20(27)28)29-21(4,5)6)14(2)26-19(13)23-15(3)24-26/h18H,9-12H2,1-8H3,(H,27,28)/t18-/m0/s1. The highest BCUT2D eigenvalue weighted by atomic mass is 16.5. The van der Waals surface area contributed by atoms with E-state index in [-0.39, 0.29) is 0 Å². The highest BCUT2D eigenvalue weighted by Crippen LogP contribution is 2.41. The Morgan fingerprint density at radius 3 is 2.28 bits per heavy atom. The molecular formula is C22H34N4O3. The van der Waals surface area contributed by atoms with E-state index in [1.54, 1.807) is 4.52 Å². The van der Waals surface area contributed by atoms with Crippen molar-refractivity contribution in [3.05, 3.63) is 22.6 Å². The van der Waals surface area contributed by atoms with Crippen molar-refractivity contribution in [2.24, 2.45) is 5.41 Å². The molecule has 0 unspecified atom stereocenters. The molecule has 1 aliphatic heterocycles. The third kappa shape index (κ3) is 4.25. The van der Waals surface area contributed by atoms with E-state index >= 15 is 0 Å². The number of fused-ring (bicyclic) bond motifs is 1. The number of aromatic nitrogens is 3. The highest BCUT2D eigenvalue weighted by molar-refractivity contribution is 5.81. The molecule has 3 heterocycles. The topological polar surface area (TPSA) is 80.0 Å². The molecule has 1 N–H and O–H groups in total. The smallest absolute Gasteiger partial charge is 0.337 e. The lowest BCUT2D eigenvalue weighted by molar-refractivity contribution is -0.160. The van der Waals surface area contributed by atoms with Gasteiger partial charge in [-0.1, -0.05) is 13.8 Å². The van der Waals surface area contributed by atoms with Gasteiger partial charge in [0.25, 0.3) is 0 Å². The summed E-state index contributed by atoms with van der Waals surface area (Å²) in [5, 5.41) is 14.6. The van der Waals surface area contributed by atoms with Crippen LogP contribution in [0, 0.1) is 26.2 Å². The number of hydrogen-bond acceptors (Lipinski definition) is 5. The van der Waals surface area contributed by atoms with E-state index in [4.69, 9.17) is 4.74 Å². The number of ether oxygens (including phenoxy) is 1. The lowest BCUT2D eigenvalue weighted by Crippen LogP contribution is -2.39. The quantitative estimate of drug-likeness (QED) is 0.825. The highest BCUT2D eigenvalue weighted by Gasteiger charge is 2.36. The van der Waals surface area contributed by atoms with Crippen molar-refractivity contribution in [2.45, 2.75) is 79.9 Å². The summed E-state index contributed by atoms with van der Waals surface area (Å²) in [4.78, 5) is 19.3. The molecule has 7 nitrogen and oxygen atoms in total. The van der Waals surface area contributed by atoms with E-state index in [0.717, 1.165) is 48.5 Å². The van der Waals surface area contributed by atoms with Gasteiger partial charge < -0.3 is 14.7 Å². The van der Waals surface area contributed by atoms with Crippen LogP contribution in [0.2, 0.25) is 0 Å². The second-order valence-electron chi connectivity index (χ2n) is 9.97. The van der Waals surface area contributed by atoms with Crippen LogP contribution < -0.4 is 4.90 Å². The van der Waals surface area contributed by atoms with Gasteiger partial charge in [0.2, 0.25) is 0 Å². The number of carboxylic acids is 1. The fourth-order valence-corrected chi connectivity index (χ4v) is 4.13. The van der Waals surface area contributed by atoms with Gasteiger partial charge in [0.15, 0.2) is 11.8 Å². The Bertz CT molecular complexity index is 930. The molecule has 1 aliphatic rings. The molecule has 1 saturated heterocycles. The first-order chi connectivity index (χ1) is 13.3. The van der Waals surface area contributed by atoms with Crippen molar-refractivity contribution in [1.29, 1.82) is 0 Å². The van der Waals surface area contributed by atoms with Crippen LogP contribution in [-0.2, 0) is 9.53 Å². The first kappa shape index (κ1) is 21.6. The fraction of sp³-hybridized carbons (Fsp3) is 0.682. The normalized spacial score (nSPS) is 18.3. The van der Waals surface area contributed by atoms with Crippen LogP contribution >= 0.6 is 0 Å². The van der Waals surface area contributed by atoms with Gasteiger partial charge in [-0.25, -0.2) is 14.3 Å². The Labute approximate surface area is 173 Å². The maximum Gasteiger partial charge on any atom is 0.337 e. The van der Waals surface area contributed by atoms with Crippen molar-refractivity contribution < 1.29 is 14.6 Å². The molecule has 0 aliphatic carbocycles. The summed E-state index contributed by atoms with van der Waals surface area (Å²) in [7, 11) is 0. The number of anilines is 1. The minimum absolute atomic E-state index is 0.295. The molecule has 2 aromatic heterocycles. The van der Waals surface area contributed by atoms with E-state index in [0.29, 0.717) is 16.8 Å². The maximum absolute atomic E-state index is 12.3. The van der Waals surface area contributed by atoms with Crippen LogP contribution in [0.25, 0.3) is 5.65 Å². The number of aryl methyl sites for hydroxylation is 3. The van der Waals surface area contributed by atoms with Crippen LogP contribution in [0.4, 0.5) is 5.69 Å². The van der Waals surface area contributed by atoms with Gasteiger partial charge in [-0.05, 0) is 59.8 Å². The molecule has 0 saturated carbocycles. The summed E-state index contributed by atoms with van der Waals surface area (Å²) in [6.45, 7) is 17.8. The number of hydrogen-bond donors (Lipinski definition) is 1. The van der Waals surface area contributed by atoms with Crippen molar-refractivity contribution in [1.82, 2.24) is 14.6 Å². The van der Waals surface area contributed by atoms with Crippen molar-refractivity contribution in [3.63, 3.8) is 0 Å². The first-order valence-electron chi connectivity index (χ1n) is 10.3.